The van der Waals surface area contributed by atoms with E-state index in [4.69, 9.17) is 5.73 Å². The first-order valence-corrected chi connectivity index (χ1v) is 5.39. The molecule has 3 heteroatoms. The Morgan fingerprint density at radius 2 is 2.33 bits per heavy atom. The summed E-state index contributed by atoms with van der Waals surface area (Å²) < 4.78 is 0. The van der Waals surface area contributed by atoms with Crippen molar-refractivity contribution in [2.75, 3.05) is 5.32 Å². The summed E-state index contributed by atoms with van der Waals surface area (Å²) in [6.45, 7) is 2.12. The molecule has 0 saturated heterocycles. The van der Waals surface area contributed by atoms with Gasteiger partial charge < -0.3 is 11.1 Å². The van der Waals surface area contributed by atoms with Crippen LogP contribution in [0.15, 0.2) is 18.2 Å². The summed E-state index contributed by atoms with van der Waals surface area (Å²) in [5.41, 5.74) is 9.17. The van der Waals surface area contributed by atoms with Gasteiger partial charge in [0.15, 0.2) is 0 Å². The van der Waals surface area contributed by atoms with E-state index in [0.717, 1.165) is 29.7 Å². The second-order valence-electron chi connectivity index (χ2n) is 4.04. The summed E-state index contributed by atoms with van der Waals surface area (Å²) in [7, 11) is 0. The van der Waals surface area contributed by atoms with Gasteiger partial charge >= 0.3 is 0 Å². The molecular formula is C12H16N2O. The van der Waals surface area contributed by atoms with Crippen LogP contribution >= 0.6 is 0 Å². The molecule has 1 heterocycles. The SMILES string of the molecule is CCCC(N)c1ccc2c(c1)CC(=O)N2. The molecule has 0 bridgehead atoms. The first kappa shape index (κ1) is 10.2. The number of fused-ring (bicyclic) bond motifs is 1. The lowest BCUT2D eigenvalue weighted by Gasteiger charge is -2.11. The van der Waals surface area contributed by atoms with E-state index >= 15 is 0 Å². The summed E-state index contributed by atoms with van der Waals surface area (Å²) in [4.78, 5) is 11.2. The van der Waals surface area contributed by atoms with Crippen LogP contribution in [0.4, 0.5) is 5.69 Å². The van der Waals surface area contributed by atoms with Gasteiger partial charge in [-0.3, -0.25) is 4.79 Å². The smallest absolute Gasteiger partial charge is 0.228 e. The molecule has 0 saturated carbocycles. The normalized spacial score (nSPS) is 16.0. The van der Waals surface area contributed by atoms with E-state index in [1.807, 2.05) is 18.2 Å². The van der Waals surface area contributed by atoms with Crippen LogP contribution in [0.2, 0.25) is 0 Å². The van der Waals surface area contributed by atoms with Gasteiger partial charge in [0.1, 0.15) is 0 Å². The van der Waals surface area contributed by atoms with Crippen molar-refractivity contribution in [3.05, 3.63) is 29.3 Å². The van der Waals surface area contributed by atoms with Crippen molar-refractivity contribution in [2.24, 2.45) is 5.73 Å². The van der Waals surface area contributed by atoms with Crippen LogP contribution in [-0.4, -0.2) is 5.91 Å². The molecular weight excluding hydrogens is 188 g/mol. The van der Waals surface area contributed by atoms with Crippen molar-refractivity contribution in [3.8, 4) is 0 Å². The summed E-state index contributed by atoms with van der Waals surface area (Å²) in [5, 5.41) is 2.82. The number of hydrogen-bond donors (Lipinski definition) is 2. The van der Waals surface area contributed by atoms with Crippen LogP contribution in [-0.2, 0) is 11.2 Å². The van der Waals surface area contributed by atoms with Crippen molar-refractivity contribution in [2.45, 2.75) is 32.2 Å². The Labute approximate surface area is 89.7 Å². The molecule has 0 radical (unpaired) electrons. The molecule has 80 valence electrons. The lowest BCUT2D eigenvalue weighted by atomic mass is 10.00. The average Bonchev–Trinajstić information content (AvgIpc) is 2.57. The van der Waals surface area contributed by atoms with Crippen molar-refractivity contribution in [1.29, 1.82) is 0 Å². The zero-order valence-corrected chi connectivity index (χ0v) is 8.92. The molecule has 1 unspecified atom stereocenters. The van der Waals surface area contributed by atoms with Gasteiger partial charge in [-0.15, -0.1) is 0 Å². The molecule has 1 aliphatic rings. The molecule has 0 fully saturated rings. The second-order valence-corrected chi connectivity index (χ2v) is 4.04. The van der Waals surface area contributed by atoms with Gasteiger partial charge in [0, 0.05) is 11.7 Å². The minimum Gasteiger partial charge on any atom is -0.326 e. The van der Waals surface area contributed by atoms with Gasteiger partial charge in [-0.05, 0) is 23.6 Å². The average molecular weight is 204 g/mol. The van der Waals surface area contributed by atoms with E-state index in [0.29, 0.717) is 6.42 Å². The van der Waals surface area contributed by atoms with Gasteiger partial charge in [0.25, 0.3) is 0 Å². The van der Waals surface area contributed by atoms with E-state index in [-0.39, 0.29) is 11.9 Å². The predicted octanol–water partition coefficient (Wildman–Crippen LogP) is 1.98. The molecule has 15 heavy (non-hydrogen) atoms. The molecule has 3 N–H and O–H groups in total. The lowest BCUT2D eigenvalue weighted by Crippen LogP contribution is -2.09. The highest BCUT2D eigenvalue weighted by molar-refractivity contribution is 5.99. The molecule has 0 aromatic heterocycles. The number of nitrogens with one attached hydrogen (secondary N) is 1. The number of hydrogen-bond acceptors (Lipinski definition) is 2. The minimum atomic E-state index is 0.0752. The maximum atomic E-state index is 11.2. The number of benzene rings is 1. The Balaban J connectivity index is 2.23. The molecule has 1 amide bonds. The molecule has 2 rings (SSSR count). The number of carbonyl (C=O) groups is 1. The molecule has 1 aromatic carbocycles. The highest BCUT2D eigenvalue weighted by Gasteiger charge is 2.18. The molecule has 1 aliphatic heterocycles. The zero-order chi connectivity index (χ0) is 10.8. The number of anilines is 1. The maximum Gasteiger partial charge on any atom is 0.228 e. The number of amides is 1. The second kappa shape index (κ2) is 4.03. The zero-order valence-electron chi connectivity index (χ0n) is 8.92. The van der Waals surface area contributed by atoms with Gasteiger partial charge in [0.05, 0.1) is 6.42 Å². The van der Waals surface area contributed by atoms with E-state index in [1.165, 1.54) is 0 Å². The Kier molecular flexibility index (Phi) is 2.73. The highest BCUT2D eigenvalue weighted by atomic mass is 16.1. The first-order valence-electron chi connectivity index (χ1n) is 5.39. The Morgan fingerprint density at radius 1 is 1.53 bits per heavy atom. The molecule has 0 spiro atoms. The number of rotatable bonds is 3. The van der Waals surface area contributed by atoms with Gasteiger partial charge in [-0.2, -0.15) is 0 Å². The van der Waals surface area contributed by atoms with Crippen LogP contribution in [0.25, 0.3) is 0 Å². The van der Waals surface area contributed by atoms with Crippen LogP contribution in [0.1, 0.15) is 36.9 Å². The van der Waals surface area contributed by atoms with Crippen LogP contribution in [0, 0.1) is 0 Å². The Hall–Kier alpha value is -1.35. The van der Waals surface area contributed by atoms with E-state index < -0.39 is 0 Å². The fraction of sp³-hybridized carbons (Fsp3) is 0.417. The molecule has 1 aromatic rings. The minimum absolute atomic E-state index is 0.0752. The monoisotopic (exact) mass is 204 g/mol. The molecule has 3 nitrogen and oxygen atoms in total. The van der Waals surface area contributed by atoms with Gasteiger partial charge in [0.2, 0.25) is 5.91 Å². The summed E-state index contributed by atoms with van der Waals surface area (Å²) in [6.07, 6.45) is 2.55. The van der Waals surface area contributed by atoms with E-state index in [2.05, 4.69) is 12.2 Å². The topological polar surface area (TPSA) is 55.1 Å². The fourth-order valence-corrected chi connectivity index (χ4v) is 1.96. The lowest BCUT2D eigenvalue weighted by molar-refractivity contribution is -0.115. The highest BCUT2D eigenvalue weighted by Crippen LogP contribution is 2.26. The summed E-state index contributed by atoms with van der Waals surface area (Å²) in [5.74, 6) is 0.0752. The van der Waals surface area contributed by atoms with Gasteiger partial charge in [-0.25, -0.2) is 0 Å². The Morgan fingerprint density at radius 3 is 3.07 bits per heavy atom. The van der Waals surface area contributed by atoms with Crippen molar-refractivity contribution in [3.63, 3.8) is 0 Å². The van der Waals surface area contributed by atoms with E-state index in [1.54, 1.807) is 0 Å². The Bertz CT molecular complexity index is 387. The van der Waals surface area contributed by atoms with E-state index in [9.17, 15) is 4.79 Å². The third kappa shape index (κ3) is 2.02. The van der Waals surface area contributed by atoms with Crippen LogP contribution < -0.4 is 11.1 Å². The molecule has 0 aliphatic carbocycles. The third-order valence-electron chi connectivity index (χ3n) is 2.78. The van der Waals surface area contributed by atoms with Crippen molar-refractivity contribution >= 4 is 11.6 Å². The quantitative estimate of drug-likeness (QED) is 0.791. The van der Waals surface area contributed by atoms with Gasteiger partial charge in [-0.1, -0.05) is 25.5 Å². The van der Waals surface area contributed by atoms with Crippen molar-refractivity contribution in [1.82, 2.24) is 0 Å². The number of nitrogens with two attached hydrogens (primary N) is 1. The largest absolute Gasteiger partial charge is 0.326 e. The first-order chi connectivity index (χ1) is 7.20. The van der Waals surface area contributed by atoms with Crippen molar-refractivity contribution < 1.29 is 4.79 Å². The fourth-order valence-electron chi connectivity index (χ4n) is 1.96. The third-order valence-corrected chi connectivity index (χ3v) is 2.78. The summed E-state index contributed by atoms with van der Waals surface area (Å²) in [6, 6.07) is 6.10. The van der Waals surface area contributed by atoms with Crippen LogP contribution in [0.5, 0.6) is 0 Å². The predicted molar refractivity (Wildman–Crippen MR) is 60.6 cm³/mol. The van der Waals surface area contributed by atoms with Crippen LogP contribution in [0.3, 0.4) is 0 Å². The standard InChI is InChI=1S/C12H16N2O/c1-2-3-10(13)8-4-5-11-9(6-8)7-12(15)14-11/h4-6,10H,2-3,7,13H2,1H3,(H,14,15). The number of carbonyl (C=O) groups excluding carboxylic acids is 1. The summed E-state index contributed by atoms with van der Waals surface area (Å²) >= 11 is 0. The maximum absolute atomic E-state index is 11.2. The molecule has 1 atom stereocenters.